The number of aliphatic carboxylic acids is 1. The number of anilines is 1. The largest absolute Gasteiger partial charge is 0.481 e. The van der Waals surface area contributed by atoms with E-state index in [2.05, 4.69) is 15.6 Å². The standard InChI is InChI=1S/C11H17N3O3S/c1-7-6-12-10(18-7)13-9(17)14-11(2,3)5-4-8(15)16/h6H,4-5H2,1-3H3,(H,15,16)(H2,12,13,14,17). The van der Waals surface area contributed by atoms with Crippen LogP contribution in [-0.4, -0.2) is 27.6 Å². The van der Waals surface area contributed by atoms with Crippen LogP contribution in [0.15, 0.2) is 6.20 Å². The van der Waals surface area contributed by atoms with Crippen LogP contribution in [0.4, 0.5) is 9.93 Å². The second-order valence-corrected chi connectivity index (χ2v) is 5.87. The maximum absolute atomic E-state index is 11.7. The fraction of sp³-hybridized carbons (Fsp3) is 0.545. The minimum Gasteiger partial charge on any atom is -0.481 e. The minimum absolute atomic E-state index is 0.0175. The minimum atomic E-state index is -0.874. The highest BCUT2D eigenvalue weighted by atomic mass is 32.1. The number of aryl methyl sites for hydroxylation is 1. The third-order valence-corrected chi connectivity index (χ3v) is 3.09. The van der Waals surface area contributed by atoms with Crippen molar-refractivity contribution in [3.8, 4) is 0 Å². The number of thiazole rings is 1. The fourth-order valence-electron chi connectivity index (χ4n) is 1.33. The van der Waals surface area contributed by atoms with Crippen molar-refractivity contribution in [2.45, 2.75) is 39.2 Å². The van der Waals surface area contributed by atoms with E-state index in [1.54, 1.807) is 20.0 Å². The number of hydrogen-bond acceptors (Lipinski definition) is 4. The normalized spacial score (nSPS) is 11.1. The fourth-order valence-corrected chi connectivity index (χ4v) is 1.99. The number of nitrogens with zero attached hydrogens (tertiary/aromatic N) is 1. The molecular weight excluding hydrogens is 254 g/mol. The summed E-state index contributed by atoms with van der Waals surface area (Å²) in [7, 11) is 0. The van der Waals surface area contributed by atoms with E-state index in [1.807, 2.05) is 6.92 Å². The summed E-state index contributed by atoms with van der Waals surface area (Å²) in [6, 6.07) is -0.375. The molecule has 0 unspecified atom stereocenters. The molecule has 1 rings (SSSR count). The maximum atomic E-state index is 11.7. The van der Waals surface area contributed by atoms with Gasteiger partial charge in [0.2, 0.25) is 0 Å². The molecule has 1 heterocycles. The van der Waals surface area contributed by atoms with Crippen molar-refractivity contribution in [2.24, 2.45) is 0 Å². The Morgan fingerprint density at radius 2 is 2.17 bits per heavy atom. The van der Waals surface area contributed by atoms with Crippen molar-refractivity contribution in [2.75, 3.05) is 5.32 Å². The predicted molar refractivity (Wildman–Crippen MR) is 70.0 cm³/mol. The first kappa shape index (κ1) is 14.4. The molecule has 0 aromatic carbocycles. The van der Waals surface area contributed by atoms with E-state index >= 15 is 0 Å². The highest BCUT2D eigenvalue weighted by Gasteiger charge is 2.21. The third-order valence-electron chi connectivity index (χ3n) is 2.26. The molecule has 6 nitrogen and oxygen atoms in total. The number of aromatic nitrogens is 1. The number of carbonyl (C=O) groups excluding carboxylic acids is 1. The van der Waals surface area contributed by atoms with E-state index in [1.165, 1.54) is 11.3 Å². The lowest BCUT2D eigenvalue weighted by Crippen LogP contribution is -2.45. The molecule has 0 aliphatic heterocycles. The van der Waals surface area contributed by atoms with Crippen LogP contribution < -0.4 is 10.6 Å². The smallest absolute Gasteiger partial charge is 0.321 e. The second-order valence-electron chi connectivity index (χ2n) is 4.63. The van der Waals surface area contributed by atoms with Gasteiger partial charge in [0, 0.05) is 23.0 Å². The van der Waals surface area contributed by atoms with Gasteiger partial charge in [-0.3, -0.25) is 10.1 Å². The molecule has 0 saturated carbocycles. The summed E-state index contributed by atoms with van der Waals surface area (Å²) in [5.41, 5.74) is -0.575. The first-order chi connectivity index (χ1) is 8.28. The van der Waals surface area contributed by atoms with Crippen LogP contribution >= 0.6 is 11.3 Å². The number of urea groups is 1. The number of rotatable bonds is 5. The molecular formula is C11H17N3O3S. The summed E-state index contributed by atoms with van der Waals surface area (Å²) < 4.78 is 0. The Bertz CT molecular complexity index is 442. The number of amides is 2. The van der Waals surface area contributed by atoms with Gasteiger partial charge in [-0.25, -0.2) is 9.78 Å². The zero-order valence-electron chi connectivity index (χ0n) is 10.6. The van der Waals surface area contributed by atoms with Crippen molar-refractivity contribution in [3.63, 3.8) is 0 Å². The zero-order valence-corrected chi connectivity index (χ0v) is 11.4. The average molecular weight is 271 g/mol. The van der Waals surface area contributed by atoms with Gasteiger partial charge in [0.25, 0.3) is 0 Å². The number of carbonyl (C=O) groups is 2. The number of carboxylic acid groups (broad SMARTS) is 1. The summed E-state index contributed by atoms with van der Waals surface area (Å²) in [4.78, 5) is 27.2. The molecule has 2 amide bonds. The predicted octanol–water partition coefficient (Wildman–Crippen LogP) is 2.22. The summed E-state index contributed by atoms with van der Waals surface area (Å²) in [6.07, 6.45) is 2.06. The van der Waals surface area contributed by atoms with Gasteiger partial charge in [-0.2, -0.15) is 0 Å². The molecule has 0 bridgehead atoms. The Hall–Kier alpha value is -1.63. The van der Waals surface area contributed by atoms with Crippen LogP contribution in [0, 0.1) is 6.92 Å². The van der Waals surface area contributed by atoms with Gasteiger partial charge in [-0.1, -0.05) is 0 Å². The molecule has 0 aliphatic rings. The number of hydrogen-bond donors (Lipinski definition) is 3. The second kappa shape index (κ2) is 5.81. The molecule has 0 fully saturated rings. The van der Waals surface area contributed by atoms with Crippen molar-refractivity contribution in [1.82, 2.24) is 10.3 Å². The highest BCUT2D eigenvalue weighted by molar-refractivity contribution is 7.15. The van der Waals surface area contributed by atoms with Gasteiger partial charge in [-0.15, -0.1) is 11.3 Å². The molecule has 0 spiro atoms. The number of nitrogens with one attached hydrogen (secondary N) is 2. The maximum Gasteiger partial charge on any atom is 0.321 e. The third kappa shape index (κ3) is 5.13. The summed E-state index contributed by atoms with van der Waals surface area (Å²) >= 11 is 1.38. The van der Waals surface area contributed by atoms with E-state index in [9.17, 15) is 9.59 Å². The summed E-state index contributed by atoms with van der Waals surface area (Å²) in [5.74, 6) is -0.874. The topological polar surface area (TPSA) is 91.3 Å². The quantitative estimate of drug-likeness (QED) is 0.765. The van der Waals surface area contributed by atoms with Gasteiger partial charge in [0.15, 0.2) is 5.13 Å². The van der Waals surface area contributed by atoms with Crippen LogP contribution in [0.1, 0.15) is 31.6 Å². The van der Waals surface area contributed by atoms with E-state index in [-0.39, 0.29) is 12.5 Å². The van der Waals surface area contributed by atoms with Crippen LogP contribution in [0.5, 0.6) is 0 Å². The van der Waals surface area contributed by atoms with E-state index in [0.29, 0.717) is 11.6 Å². The van der Waals surface area contributed by atoms with Crippen molar-refractivity contribution in [3.05, 3.63) is 11.1 Å². The molecule has 1 aromatic heterocycles. The monoisotopic (exact) mass is 271 g/mol. The lowest BCUT2D eigenvalue weighted by molar-refractivity contribution is -0.137. The Morgan fingerprint density at radius 1 is 1.50 bits per heavy atom. The lowest BCUT2D eigenvalue weighted by Gasteiger charge is -2.25. The van der Waals surface area contributed by atoms with Gasteiger partial charge >= 0.3 is 12.0 Å². The SMILES string of the molecule is Cc1cnc(NC(=O)NC(C)(C)CCC(=O)O)s1. The van der Waals surface area contributed by atoms with Crippen LogP contribution in [-0.2, 0) is 4.79 Å². The Morgan fingerprint density at radius 3 is 2.67 bits per heavy atom. The van der Waals surface area contributed by atoms with E-state index < -0.39 is 11.5 Å². The van der Waals surface area contributed by atoms with Crippen LogP contribution in [0.25, 0.3) is 0 Å². The van der Waals surface area contributed by atoms with Crippen molar-refractivity contribution < 1.29 is 14.7 Å². The molecule has 7 heteroatoms. The highest BCUT2D eigenvalue weighted by Crippen LogP contribution is 2.17. The molecule has 0 aliphatic carbocycles. The first-order valence-electron chi connectivity index (χ1n) is 5.52. The lowest BCUT2D eigenvalue weighted by atomic mass is 9.99. The van der Waals surface area contributed by atoms with Gasteiger partial charge in [0.05, 0.1) is 0 Å². The van der Waals surface area contributed by atoms with Gasteiger partial charge in [-0.05, 0) is 27.2 Å². The molecule has 1 aromatic rings. The Balaban J connectivity index is 2.45. The van der Waals surface area contributed by atoms with E-state index in [0.717, 1.165) is 4.88 Å². The van der Waals surface area contributed by atoms with Crippen molar-refractivity contribution >= 4 is 28.5 Å². The molecule has 3 N–H and O–H groups in total. The van der Waals surface area contributed by atoms with Crippen LogP contribution in [0.2, 0.25) is 0 Å². The van der Waals surface area contributed by atoms with E-state index in [4.69, 9.17) is 5.11 Å². The molecule has 0 saturated heterocycles. The number of carboxylic acids is 1. The first-order valence-corrected chi connectivity index (χ1v) is 6.33. The molecule has 18 heavy (non-hydrogen) atoms. The summed E-state index contributed by atoms with van der Waals surface area (Å²) in [6.45, 7) is 5.46. The zero-order chi connectivity index (χ0) is 13.8. The van der Waals surface area contributed by atoms with Crippen molar-refractivity contribution in [1.29, 1.82) is 0 Å². The Kier molecular flexibility index (Phi) is 4.66. The molecule has 100 valence electrons. The Labute approximate surface area is 109 Å². The van der Waals surface area contributed by atoms with Crippen LogP contribution in [0.3, 0.4) is 0 Å². The molecule has 0 atom stereocenters. The average Bonchev–Trinajstić information content (AvgIpc) is 2.60. The molecule has 0 radical (unpaired) electrons. The van der Waals surface area contributed by atoms with Gasteiger partial charge < -0.3 is 10.4 Å². The summed E-state index contributed by atoms with van der Waals surface area (Å²) in [5, 5.41) is 14.5. The van der Waals surface area contributed by atoms with Gasteiger partial charge in [0.1, 0.15) is 0 Å².